The lowest BCUT2D eigenvalue weighted by Gasteiger charge is -2.37. The maximum absolute atomic E-state index is 5.49. The molecule has 1 heterocycles. The summed E-state index contributed by atoms with van der Waals surface area (Å²) >= 11 is 0. The Morgan fingerprint density at radius 3 is 2.63 bits per heavy atom. The van der Waals surface area contributed by atoms with Crippen molar-refractivity contribution in [2.45, 2.75) is 40.0 Å². The van der Waals surface area contributed by atoms with Crippen molar-refractivity contribution < 1.29 is 4.74 Å². The normalized spacial score (nSPS) is 22.1. The van der Waals surface area contributed by atoms with Crippen LogP contribution >= 0.6 is 0 Å². The van der Waals surface area contributed by atoms with E-state index in [4.69, 9.17) is 4.74 Å². The van der Waals surface area contributed by atoms with Crippen LogP contribution in [-0.2, 0) is 6.42 Å². The summed E-state index contributed by atoms with van der Waals surface area (Å²) in [5.41, 5.74) is 3.56. The summed E-state index contributed by atoms with van der Waals surface area (Å²) in [6.07, 6.45) is 5.74. The largest absolute Gasteiger partial charge is 0.496 e. The molecule has 0 radical (unpaired) electrons. The maximum Gasteiger partial charge on any atom is 0.128 e. The molecule has 19 heavy (non-hydrogen) atoms. The molecule has 0 spiro atoms. The van der Waals surface area contributed by atoms with Gasteiger partial charge < -0.3 is 10.1 Å². The van der Waals surface area contributed by atoms with Gasteiger partial charge in [-0.1, -0.05) is 6.92 Å². The first kappa shape index (κ1) is 14.3. The van der Waals surface area contributed by atoms with E-state index in [9.17, 15) is 0 Å². The van der Waals surface area contributed by atoms with Crippen molar-refractivity contribution in [2.24, 2.45) is 11.8 Å². The minimum Gasteiger partial charge on any atom is -0.496 e. The lowest BCUT2D eigenvalue weighted by atomic mass is 9.71. The highest BCUT2D eigenvalue weighted by Gasteiger charge is 2.31. The summed E-state index contributed by atoms with van der Waals surface area (Å²) in [6.45, 7) is 8.58. The van der Waals surface area contributed by atoms with E-state index in [2.05, 4.69) is 31.1 Å². The predicted molar refractivity (Wildman–Crippen MR) is 78.7 cm³/mol. The Hall–Kier alpha value is -1.09. The number of nitrogens with zero attached hydrogens (tertiary/aromatic N) is 1. The highest BCUT2D eigenvalue weighted by molar-refractivity contribution is 5.41. The first-order valence-electron chi connectivity index (χ1n) is 7.37. The third kappa shape index (κ3) is 3.08. The van der Waals surface area contributed by atoms with Gasteiger partial charge in [0.05, 0.1) is 7.11 Å². The van der Waals surface area contributed by atoms with Gasteiger partial charge in [0.25, 0.3) is 0 Å². The lowest BCUT2D eigenvalue weighted by molar-refractivity contribution is 0.170. The van der Waals surface area contributed by atoms with Gasteiger partial charge in [-0.05, 0) is 58.0 Å². The van der Waals surface area contributed by atoms with Gasteiger partial charge in [-0.3, -0.25) is 4.98 Å². The number of nitrogens with one attached hydrogen (secondary N) is 1. The van der Waals surface area contributed by atoms with Crippen molar-refractivity contribution in [1.82, 2.24) is 10.3 Å². The van der Waals surface area contributed by atoms with Crippen molar-refractivity contribution in [2.75, 3.05) is 20.2 Å². The van der Waals surface area contributed by atoms with Crippen LogP contribution < -0.4 is 10.1 Å². The van der Waals surface area contributed by atoms with Gasteiger partial charge in [0, 0.05) is 23.0 Å². The van der Waals surface area contributed by atoms with Crippen LogP contribution in [0.15, 0.2) is 6.20 Å². The standard InChI is InChI=1S/C16H26N2O/c1-5-17-10-14-7-6-13(14)8-15-12(3)16(19-4)11(2)9-18-15/h9,13-14,17H,5-8,10H2,1-4H3. The Kier molecular flexibility index (Phi) is 4.81. The molecule has 2 atom stereocenters. The van der Waals surface area contributed by atoms with E-state index in [1.165, 1.54) is 24.1 Å². The van der Waals surface area contributed by atoms with E-state index < -0.39 is 0 Å². The third-order valence-electron chi connectivity index (χ3n) is 4.44. The van der Waals surface area contributed by atoms with Crippen LogP contribution in [0.4, 0.5) is 0 Å². The maximum atomic E-state index is 5.49. The summed E-state index contributed by atoms with van der Waals surface area (Å²) in [5.74, 6) is 2.62. The Morgan fingerprint density at radius 1 is 1.32 bits per heavy atom. The molecule has 0 saturated heterocycles. The first-order valence-corrected chi connectivity index (χ1v) is 7.37. The summed E-state index contributed by atoms with van der Waals surface area (Å²) < 4.78 is 5.49. The molecular weight excluding hydrogens is 236 g/mol. The Bertz CT molecular complexity index is 431. The third-order valence-corrected chi connectivity index (χ3v) is 4.44. The molecule has 0 aliphatic heterocycles. The molecule has 1 saturated carbocycles. The number of hydrogen-bond acceptors (Lipinski definition) is 3. The van der Waals surface area contributed by atoms with Crippen LogP contribution in [0, 0.1) is 25.7 Å². The Balaban J connectivity index is 2.03. The van der Waals surface area contributed by atoms with Crippen molar-refractivity contribution in [3.8, 4) is 5.75 Å². The van der Waals surface area contributed by atoms with Crippen molar-refractivity contribution in [1.29, 1.82) is 0 Å². The SMILES string of the molecule is CCNCC1CCC1Cc1ncc(C)c(OC)c1C. The number of aryl methyl sites for hydroxylation is 1. The number of hydrogen-bond donors (Lipinski definition) is 1. The molecule has 0 bridgehead atoms. The molecule has 1 N–H and O–H groups in total. The van der Waals surface area contributed by atoms with Crippen LogP contribution in [0.2, 0.25) is 0 Å². The molecule has 0 amide bonds. The Labute approximate surface area is 116 Å². The fourth-order valence-electron chi connectivity index (χ4n) is 3.03. The van der Waals surface area contributed by atoms with Gasteiger partial charge in [0.15, 0.2) is 0 Å². The number of rotatable bonds is 6. The minimum absolute atomic E-state index is 0.790. The van der Waals surface area contributed by atoms with Crippen LogP contribution in [0.5, 0.6) is 5.75 Å². The summed E-state index contributed by atoms with van der Waals surface area (Å²) in [6, 6.07) is 0. The zero-order valence-corrected chi connectivity index (χ0v) is 12.6. The van der Waals surface area contributed by atoms with Crippen LogP contribution in [0.25, 0.3) is 0 Å². The summed E-state index contributed by atoms with van der Waals surface area (Å²) in [7, 11) is 1.75. The molecule has 1 fully saturated rings. The molecule has 1 aromatic rings. The second-order valence-electron chi connectivity index (χ2n) is 5.66. The average molecular weight is 262 g/mol. The van der Waals surface area contributed by atoms with E-state index in [0.717, 1.165) is 42.7 Å². The zero-order chi connectivity index (χ0) is 13.8. The molecule has 106 valence electrons. The highest BCUT2D eigenvalue weighted by Crippen LogP contribution is 2.37. The van der Waals surface area contributed by atoms with Gasteiger partial charge in [-0.2, -0.15) is 0 Å². The summed E-state index contributed by atoms with van der Waals surface area (Å²) in [4.78, 5) is 4.62. The smallest absolute Gasteiger partial charge is 0.128 e. The summed E-state index contributed by atoms with van der Waals surface area (Å²) in [5, 5.41) is 3.47. The van der Waals surface area contributed by atoms with Gasteiger partial charge in [-0.15, -0.1) is 0 Å². The molecule has 0 aromatic carbocycles. The fourth-order valence-corrected chi connectivity index (χ4v) is 3.03. The van der Waals surface area contributed by atoms with Gasteiger partial charge in [0.2, 0.25) is 0 Å². The second kappa shape index (κ2) is 6.38. The van der Waals surface area contributed by atoms with Crippen LogP contribution in [-0.4, -0.2) is 25.2 Å². The second-order valence-corrected chi connectivity index (χ2v) is 5.66. The minimum atomic E-state index is 0.790. The number of pyridine rings is 1. The van der Waals surface area contributed by atoms with E-state index in [0.29, 0.717) is 0 Å². The topological polar surface area (TPSA) is 34.2 Å². The van der Waals surface area contributed by atoms with Crippen molar-refractivity contribution in [3.63, 3.8) is 0 Å². The van der Waals surface area contributed by atoms with Gasteiger partial charge in [-0.25, -0.2) is 0 Å². The van der Waals surface area contributed by atoms with E-state index in [-0.39, 0.29) is 0 Å². The molecule has 3 heteroatoms. The van der Waals surface area contributed by atoms with Gasteiger partial charge >= 0.3 is 0 Å². The first-order chi connectivity index (χ1) is 9.17. The van der Waals surface area contributed by atoms with E-state index >= 15 is 0 Å². The molecule has 2 unspecified atom stereocenters. The Morgan fingerprint density at radius 2 is 2.05 bits per heavy atom. The van der Waals surface area contributed by atoms with E-state index in [1.807, 2.05) is 6.20 Å². The van der Waals surface area contributed by atoms with Crippen molar-refractivity contribution >= 4 is 0 Å². The number of methoxy groups -OCH3 is 1. The molecule has 2 rings (SSSR count). The molecule has 1 aliphatic carbocycles. The van der Waals surface area contributed by atoms with Crippen LogP contribution in [0.3, 0.4) is 0 Å². The van der Waals surface area contributed by atoms with Crippen LogP contribution in [0.1, 0.15) is 36.6 Å². The van der Waals surface area contributed by atoms with Gasteiger partial charge in [0.1, 0.15) is 5.75 Å². The molecule has 3 nitrogen and oxygen atoms in total. The van der Waals surface area contributed by atoms with Crippen molar-refractivity contribution in [3.05, 3.63) is 23.0 Å². The average Bonchev–Trinajstić information content (AvgIpc) is 2.37. The number of aromatic nitrogens is 1. The zero-order valence-electron chi connectivity index (χ0n) is 12.6. The monoisotopic (exact) mass is 262 g/mol. The van der Waals surface area contributed by atoms with E-state index in [1.54, 1.807) is 7.11 Å². The lowest BCUT2D eigenvalue weighted by Crippen LogP contribution is -2.36. The fraction of sp³-hybridized carbons (Fsp3) is 0.688. The molecule has 1 aromatic heterocycles. The molecular formula is C16H26N2O. The quantitative estimate of drug-likeness (QED) is 0.856. The highest BCUT2D eigenvalue weighted by atomic mass is 16.5. The predicted octanol–water partition coefficient (Wildman–Crippen LogP) is 2.89. The molecule has 1 aliphatic rings. The number of ether oxygens (including phenoxy) is 1.